The van der Waals surface area contributed by atoms with Crippen LogP contribution in [0, 0.1) is 18.3 Å². The van der Waals surface area contributed by atoms with Crippen molar-refractivity contribution >= 4 is 11.6 Å². The molecule has 0 aromatic heterocycles. The van der Waals surface area contributed by atoms with Crippen LogP contribution in [0.2, 0.25) is 0 Å². The number of nitriles is 1. The summed E-state index contributed by atoms with van der Waals surface area (Å²) >= 11 is 0. The average molecular weight is 424 g/mol. The summed E-state index contributed by atoms with van der Waals surface area (Å²) in [4.78, 5) is 14.6. The van der Waals surface area contributed by atoms with Gasteiger partial charge in [-0.25, -0.2) is 0 Å². The molecule has 2 aromatic carbocycles. The summed E-state index contributed by atoms with van der Waals surface area (Å²) in [5.74, 6) is 0.000688. The van der Waals surface area contributed by atoms with Crippen LogP contribution >= 0.6 is 0 Å². The Morgan fingerprint density at radius 1 is 1.03 bits per heavy atom. The Kier molecular flexibility index (Phi) is 16.6. The van der Waals surface area contributed by atoms with Crippen LogP contribution < -0.4 is 5.32 Å². The van der Waals surface area contributed by atoms with Crippen molar-refractivity contribution in [1.82, 2.24) is 4.90 Å². The van der Waals surface area contributed by atoms with E-state index in [9.17, 15) is 4.79 Å². The van der Waals surface area contributed by atoms with Crippen LogP contribution in [-0.2, 0) is 11.3 Å². The number of nitrogens with zero attached hydrogens (tertiary/aromatic N) is 2. The third-order valence-electron chi connectivity index (χ3n) is 4.24. The quantitative estimate of drug-likeness (QED) is 0.444. The van der Waals surface area contributed by atoms with Crippen molar-refractivity contribution in [2.75, 3.05) is 18.4 Å². The Labute approximate surface area is 190 Å². The maximum atomic E-state index is 12.5. The number of nitrogens with one attached hydrogen (secondary N) is 1. The van der Waals surface area contributed by atoms with E-state index in [4.69, 9.17) is 5.26 Å². The largest absolute Gasteiger partial charge is 0.325 e. The summed E-state index contributed by atoms with van der Waals surface area (Å²) in [6.45, 7) is 14.4. The van der Waals surface area contributed by atoms with E-state index in [0.717, 1.165) is 42.6 Å². The molecule has 0 saturated heterocycles. The van der Waals surface area contributed by atoms with E-state index in [1.165, 1.54) is 6.42 Å². The average Bonchev–Trinajstić information content (AvgIpc) is 2.76. The molecule has 31 heavy (non-hydrogen) atoms. The van der Waals surface area contributed by atoms with Gasteiger partial charge in [-0.05, 0) is 55.3 Å². The molecule has 0 bridgehead atoms. The molecular formula is C27H41N3O. The van der Waals surface area contributed by atoms with Crippen molar-refractivity contribution in [2.45, 2.75) is 73.8 Å². The zero-order valence-corrected chi connectivity index (χ0v) is 20.4. The first-order valence-electron chi connectivity index (χ1n) is 11.6. The Balaban J connectivity index is 0.00000165. The van der Waals surface area contributed by atoms with Crippen molar-refractivity contribution in [1.29, 1.82) is 5.26 Å². The molecule has 0 spiro atoms. The predicted octanol–water partition coefficient (Wildman–Crippen LogP) is 6.94. The molecule has 0 fully saturated rings. The standard InChI is InChI=1S/C22H27N3O.C3H8.C2H6/c1-3-4-5-13-25(16-20-11-9-19(15-23)10-12-20)17-22(26)24-21-8-6-7-18(2)14-21;1-3-2;1-2/h6-12,14H,3-5,13,16-17H2,1-2H3,(H,24,26);3H2,1-2H3;1-2H3. The highest BCUT2D eigenvalue weighted by Crippen LogP contribution is 2.11. The van der Waals surface area contributed by atoms with Crippen LogP contribution in [0.25, 0.3) is 0 Å². The molecule has 170 valence electrons. The van der Waals surface area contributed by atoms with Crippen molar-refractivity contribution in [3.63, 3.8) is 0 Å². The number of carbonyl (C=O) groups is 1. The number of benzene rings is 2. The molecule has 0 radical (unpaired) electrons. The van der Waals surface area contributed by atoms with Crippen molar-refractivity contribution in [2.24, 2.45) is 0 Å². The van der Waals surface area contributed by atoms with Crippen molar-refractivity contribution in [3.8, 4) is 6.07 Å². The van der Waals surface area contributed by atoms with E-state index in [2.05, 4.69) is 37.1 Å². The second-order valence-electron chi connectivity index (χ2n) is 7.35. The molecular weight excluding hydrogens is 382 g/mol. The second kappa shape index (κ2) is 18.2. The molecule has 0 heterocycles. The number of aryl methyl sites for hydroxylation is 1. The first kappa shape index (κ1) is 28.4. The fraction of sp³-hybridized carbons (Fsp3) is 0.481. The minimum atomic E-state index is 0.000688. The first-order valence-corrected chi connectivity index (χ1v) is 11.6. The van der Waals surface area contributed by atoms with Gasteiger partial charge in [0.15, 0.2) is 0 Å². The van der Waals surface area contributed by atoms with Gasteiger partial charge < -0.3 is 5.32 Å². The summed E-state index contributed by atoms with van der Waals surface area (Å²) in [5.41, 5.74) is 3.73. The molecule has 2 aromatic rings. The molecule has 2 rings (SSSR count). The molecule has 0 aliphatic heterocycles. The van der Waals surface area contributed by atoms with Crippen LogP contribution in [0.3, 0.4) is 0 Å². The summed E-state index contributed by atoms with van der Waals surface area (Å²) in [7, 11) is 0. The van der Waals surface area contributed by atoms with Gasteiger partial charge in [-0.2, -0.15) is 5.26 Å². The lowest BCUT2D eigenvalue weighted by molar-refractivity contribution is -0.117. The third-order valence-corrected chi connectivity index (χ3v) is 4.24. The number of carbonyl (C=O) groups excluding carboxylic acids is 1. The lowest BCUT2D eigenvalue weighted by Crippen LogP contribution is -2.33. The van der Waals surface area contributed by atoms with Gasteiger partial charge >= 0.3 is 0 Å². The van der Waals surface area contributed by atoms with E-state index in [0.29, 0.717) is 18.7 Å². The highest BCUT2D eigenvalue weighted by Gasteiger charge is 2.12. The van der Waals surface area contributed by atoms with E-state index in [1.807, 2.05) is 69.3 Å². The van der Waals surface area contributed by atoms with Crippen molar-refractivity contribution in [3.05, 3.63) is 65.2 Å². The Morgan fingerprint density at radius 3 is 2.23 bits per heavy atom. The van der Waals surface area contributed by atoms with Crippen LogP contribution in [0.5, 0.6) is 0 Å². The van der Waals surface area contributed by atoms with E-state index >= 15 is 0 Å². The smallest absolute Gasteiger partial charge is 0.238 e. The highest BCUT2D eigenvalue weighted by atomic mass is 16.2. The monoisotopic (exact) mass is 423 g/mol. The summed E-state index contributed by atoms with van der Waals surface area (Å²) in [5, 5.41) is 11.9. The minimum absolute atomic E-state index is 0.000688. The second-order valence-corrected chi connectivity index (χ2v) is 7.35. The number of hydrogen-bond acceptors (Lipinski definition) is 3. The lowest BCUT2D eigenvalue weighted by Gasteiger charge is -2.22. The van der Waals surface area contributed by atoms with E-state index in [1.54, 1.807) is 0 Å². The predicted molar refractivity (Wildman–Crippen MR) is 133 cm³/mol. The molecule has 0 atom stereocenters. The van der Waals surface area contributed by atoms with Gasteiger partial charge in [-0.15, -0.1) is 0 Å². The Morgan fingerprint density at radius 2 is 1.68 bits per heavy atom. The molecule has 4 heteroatoms. The van der Waals surface area contributed by atoms with Crippen LogP contribution in [0.4, 0.5) is 5.69 Å². The fourth-order valence-corrected chi connectivity index (χ4v) is 2.87. The number of unbranched alkanes of at least 4 members (excludes halogenated alkanes) is 2. The molecule has 0 aliphatic carbocycles. The molecule has 1 N–H and O–H groups in total. The van der Waals surface area contributed by atoms with Gasteiger partial charge in [0.25, 0.3) is 0 Å². The maximum absolute atomic E-state index is 12.5. The molecule has 0 aliphatic rings. The zero-order valence-electron chi connectivity index (χ0n) is 20.4. The van der Waals surface area contributed by atoms with Gasteiger partial charge in [-0.1, -0.05) is 78.1 Å². The van der Waals surface area contributed by atoms with Crippen LogP contribution in [0.15, 0.2) is 48.5 Å². The lowest BCUT2D eigenvalue weighted by atomic mass is 10.1. The number of rotatable bonds is 9. The van der Waals surface area contributed by atoms with Crippen molar-refractivity contribution < 1.29 is 4.79 Å². The summed E-state index contributed by atoms with van der Waals surface area (Å²) in [6, 6.07) is 17.6. The number of hydrogen-bond donors (Lipinski definition) is 1. The van der Waals surface area contributed by atoms with Gasteiger partial charge in [0, 0.05) is 12.2 Å². The Hall–Kier alpha value is -2.64. The van der Waals surface area contributed by atoms with E-state index < -0.39 is 0 Å². The molecule has 4 nitrogen and oxygen atoms in total. The zero-order chi connectivity index (χ0) is 23.5. The highest BCUT2D eigenvalue weighted by molar-refractivity contribution is 5.92. The van der Waals surface area contributed by atoms with Gasteiger partial charge in [0.1, 0.15) is 0 Å². The number of amides is 1. The number of anilines is 1. The topological polar surface area (TPSA) is 56.1 Å². The molecule has 0 saturated carbocycles. The van der Waals surface area contributed by atoms with Gasteiger partial charge in [0.05, 0.1) is 18.2 Å². The fourth-order valence-electron chi connectivity index (χ4n) is 2.87. The normalized spacial score (nSPS) is 9.61. The van der Waals surface area contributed by atoms with Crippen LogP contribution in [-0.4, -0.2) is 23.9 Å². The first-order chi connectivity index (χ1) is 15.0. The SMILES string of the molecule is CC.CCC.CCCCCN(CC(=O)Nc1cccc(C)c1)Cc1ccc(C#N)cc1. The van der Waals surface area contributed by atoms with Gasteiger partial charge in [0.2, 0.25) is 5.91 Å². The minimum Gasteiger partial charge on any atom is -0.325 e. The third kappa shape index (κ3) is 13.3. The van der Waals surface area contributed by atoms with Crippen LogP contribution in [0.1, 0.15) is 77.0 Å². The summed E-state index contributed by atoms with van der Waals surface area (Å²) in [6.07, 6.45) is 4.63. The molecule has 1 amide bonds. The maximum Gasteiger partial charge on any atom is 0.238 e. The van der Waals surface area contributed by atoms with Gasteiger partial charge in [-0.3, -0.25) is 9.69 Å². The Bertz CT molecular complexity index is 763. The van der Waals surface area contributed by atoms with E-state index in [-0.39, 0.29) is 5.91 Å². The summed E-state index contributed by atoms with van der Waals surface area (Å²) < 4.78 is 0. The molecule has 0 unspecified atom stereocenters.